The Balaban J connectivity index is 1.71. The highest BCUT2D eigenvalue weighted by Gasteiger charge is 2.10. The zero-order valence-electron chi connectivity index (χ0n) is 12.9. The fourth-order valence-corrected chi connectivity index (χ4v) is 3.16. The molecule has 0 amide bonds. The van der Waals surface area contributed by atoms with E-state index < -0.39 is 0 Å². The number of fused-ring (bicyclic) bond motifs is 1. The van der Waals surface area contributed by atoms with Crippen LogP contribution in [0.15, 0.2) is 73.3 Å². The molecule has 23 heavy (non-hydrogen) atoms. The van der Waals surface area contributed by atoms with Crippen molar-refractivity contribution in [3.05, 3.63) is 78.9 Å². The fourth-order valence-electron chi connectivity index (χ4n) is 3.16. The second-order valence-corrected chi connectivity index (χ2v) is 5.80. The number of nitrogens with one attached hydrogen (secondary N) is 1. The average molecular weight is 301 g/mol. The molecule has 0 fully saturated rings. The number of hydrogen-bond donors (Lipinski definition) is 1. The van der Waals surface area contributed by atoms with Gasteiger partial charge >= 0.3 is 0 Å². The van der Waals surface area contributed by atoms with E-state index in [2.05, 4.69) is 69.9 Å². The lowest BCUT2D eigenvalue weighted by Crippen LogP contribution is -2.23. The Morgan fingerprint density at radius 2 is 1.91 bits per heavy atom. The molecule has 0 atom stereocenters. The lowest BCUT2D eigenvalue weighted by Gasteiger charge is -2.17. The van der Waals surface area contributed by atoms with Crippen LogP contribution in [0.2, 0.25) is 0 Å². The van der Waals surface area contributed by atoms with E-state index in [4.69, 9.17) is 0 Å². The minimum Gasteiger partial charge on any atom is -0.373 e. The summed E-state index contributed by atoms with van der Waals surface area (Å²) in [5.74, 6) is 0. The van der Waals surface area contributed by atoms with Crippen LogP contribution in [0, 0.1) is 0 Å². The van der Waals surface area contributed by atoms with E-state index in [1.165, 1.54) is 27.5 Å². The topological polar surface area (TPSA) is 28.2 Å². The van der Waals surface area contributed by atoms with Crippen LogP contribution in [-0.4, -0.2) is 23.1 Å². The minimum absolute atomic E-state index is 0.905. The number of hydrogen-bond acceptors (Lipinski definition) is 3. The Morgan fingerprint density at radius 3 is 2.83 bits per heavy atom. The second-order valence-electron chi connectivity index (χ2n) is 5.80. The van der Waals surface area contributed by atoms with Crippen LogP contribution in [0.1, 0.15) is 5.56 Å². The SMILES string of the molecule is C1=CN(CCc2ccccc2-c2cccc3cnccc23)CN1. The third kappa shape index (κ3) is 2.78. The maximum Gasteiger partial charge on any atom is 0.0867 e. The van der Waals surface area contributed by atoms with Crippen molar-refractivity contribution in [2.45, 2.75) is 6.42 Å². The predicted molar refractivity (Wildman–Crippen MR) is 94.7 cm³/mol. The van der Waals surface area contributed by atoms with E-state index >= 15 is 0 Å². The monoisotopic (exact) mass is 301 g/mol. The van der Waals surface area contributed by atoms with E-state index in [1.807, 2.05) is 18.6 Å². The molecule has 0 saturated heterocycles. The molecular formula is C20H19N3. The zero-order chi connectivity index (χ0) is 15.5. The summed E-state index contributed by atoms with van der Waals surface area (Å²) in [4.78, 5) is 6.53. The fraction of sp³-hybridized carbons (Fsp3) is 0.150. The molecule has 0 radical (unpaired) electrons. The minimum atomic E-state index is 0.905. The van der Waals surface area contributed by atoms with Crippen LogP contribution in [-0.2, 0) is 6.42 Å². The molecule has 2 heterocycles. The first-order valence-corrected chi connectivity index (χ1v) is 7.97. The van der Waals surface area contributed by atoms with E-state index in [-0.39, 0.29) is 0 Å². The summed E-state index contributed by atoms with van der Waals surface area (Å²) in [7, 11) is 0. The Kier molecular flexibility index (Phi) is 3.68. The number of nitrogens with zero attached hydrogens (tertiary/aromatic N) is 2. The van der Waals surface area contributed by atoms with Gasteiger partial charge in [0, 0.05) is 36.7 Å². The number of aromatic nitrogens is 1. The summed E-state index contributed by atoms with van der Waals surface area (Å²) in [6, 6.07) is 17.3. The molecule has 114 valence electrons. The van der Waals surface area contributed by atoms with Crippen LogP contribution < -0.4 is 5.32 Å². The first-order chi connectivity index (χ1) is 11.4. The first-order valence-electron chi connectivity index (χ1n) is 7.97. The molecule has 0 spiro atoms. The van der Waals surface area contributed by atoms with Crippen LogP contribution in [0.5, 0.6) is 0 Å². The van der Waals surface area contributed by atoms with Gasteiger partial charge in [0.25, 0.3) is 0 Å². The molecule has 3 aromatic rings. The molecule has 1 N–H and O–H groups in total. The second kappa shape index (κ2) is 6.13. The lowest BCUT2D eigenvalue weighted by atomic mass is 9.94. The predicted octanol–water partition coefficient (Wildman–Crippen LogP) is 3.78. The van der Waals surface area contributed by atoms with Gasteiger partial charge in [0.1, 0.15) is 0 Å². The van der Waals surface area contributed by atoms with E-state index in [0.717, 1.165) is 19.6 Å². The van der Waals surface area contributed by atoms with Crippen LogP contribution >= 0.6 is 0 Å². The standard InChI is InChI=1S/C20H19N3/c1-2-6-18(16(4-1)9-12-23-13-11-22-15-23)20-7-3-5-17-14-21-10-8-19(17)20/h1-8,10-11,13-14,22H,9,12,15H2. The summed E-state index contributed by atoms with van der Waals surface area (Å²) < 4.78 is 0. The third-order valence-corrected chi connectivity index (χ3v) is 4.35. The maximum absolute atomic E-state index is 4.24. The summed E-state index contributed by atoms with van der Waals surface area (Å²) in [6.45, 7) is 1.93. The van der Waals surface area contributed by atoms with Crippen molar-refractivity contribution in [3.63, 3.8) is 0 Å². The van der Waals surface area contributed by atoms with Gasteiger partial charge < -0.3 is 10.2 Å². The molecule has 1 aliphatic heterocycles. The van der Waals surface area contributed by atoms with Crippen molar-refractivity contribution in [2.24, 2.45) is 0 Å². The molecule has 1 aromatic heterocycles. The number of benzene rings is 2. The average Bonchev–Trinajstić information content (AvgIpc) is 3.13. The molecule has 0 unspecified atom stereocenters. The van der Waals surface area contributed by atoms with Crippen molar-refractivity contribution >= 4 is 10.8 Å². The quantitative estimate of drug-likeness (QED) is 0.795. The van der Waals surface area contributed by atoms with Crippen molar-refractivity contribution < 1.29 is 0 Å². The normalized spacial score (nSPS) is 13.5. The first kappa shape index (κ1) is 13.8. The van der Waals surface area contributed by atoms with Gasteiger partial charge in [-0.2, -0.15) is 0 Å². The van der Waals surface area contributed by atoms with Gasteiger partial charge in [-0.3, -0.25) is 4.98 Å². The summed E-state index contributed by atoms with van der Waals surface area (Å²) in [5.41, 5.74) is 3.99. The molecule has 1 aliphatic rings. The molecule has 4 rings (SSSR count). The Morgan fingerprint density at radius 1 is 1.00 bits per heavy atom. The van der Waals surface area contributed by atoms with Gasteiger partial charge in [-0.15, -0.1) is 0 Å². The highest BCUT2D eigenvalue weighted by molar-refractivity contribution is 5.96. The van der Waals surface area contributed by atoms with Gasteiger partial charge in [-0.1, -0.05) is 42.5 Å². The third-order valence-electron chi connectivity index (χ3n) is 4.35. The summed E-state index contributed by atoms with van der Waals surface area (Å²) in [5, 5.41) is 5.67. The highest BCUT2D eigenvalue weighted by atomic mass is 15.2. The Hall–Kier alpha value is -2.81. The van der Waals surface area contributed by atoms with Crippen molar-refractivity contribution in [1.82, 2.24) is 15.2 Å². The van der Waals surface area contributed by atoms with Crippen LogP contribution in [0.25, 0.3) is 21.9 Å². The summed E-state index contributed by atoms with van der Waals surface area (Å²) >= 11 is 0. The Bertz CT molecular complexity index is 849. The largest absolute Gasteiger partial charge is 0.373 e. The van der Waals surface area contributed by atoms with Gasteiger partial charge in [-0.05, 0) is 34.6 Å². The van der Waals surface area contributed by atoms with E-state index in [1.54, 1.807) is 0 Å². The summed E-state index contributed by atoms with van der Waals surface area (Å²) in [6.07, 6.45) is 8.96. The van der Waals surface area contributed by atoms with Crippen molar-refractivity contribution in [1.29, 1.82) is 0 Å². The van der Waals surface area contributed by atoms with Gasteiger partial charge in [0.15, 0.2) is 0 Å². The molecule has 0 aliphatic carbocycles. The Labute approximate surface area is 136 Å². The van der Waals surface area contributed by atoms with Gasteiger partial charge in [-0.25, -0.2) is 0 Å². The lowest BCUT2D eigenvalue weighted by molar-refractivity contribution is 0.396. The molecule has 3 nitrogen and oxygen atoms in total. The van der Waals surface area contributed by atoms with Gasteiger partial charge in [0.2, 0.25) is 0 Å². The molecule has 0 saturated carbocycles. The number of pyridine rings is 1. The van der Waals surface area contributed by atoms with Crippen molar-refractivity contribution in [3.8, 4) is 11.1 Å². The smallest absolute Gasteiger partial charge is 0.0867 e. The van der Waals surface area contributed by atoms with E-state index in [9.17, 15) is 0 Å². The van der Waals surface area contributed by atoms with Crippen LogP contribution in [0.4, 0.5) is 0 Å². The molecule has 2 aromatic carbocycles. The van der Waals surface area contributed by atoms with E-state index in [0.29, 0.717) is 0 Å². The zero-order valence-corrected chi connectivity index (χ0v) is 12.9. The molecular weight excluding hydrogens is 282 g/mol. The highest BCUT2D eigenvalue weighted by Crippen LogP contribution is 2.30. The molecule has 0 bridgehead atoms. The van der Waals surface area contributed by atoms with Crippen molar-refractivity contribution in [2.75, 3.05) is 13.2 Å². The van der Waals surface area contributed by atoms with Gasteiger partial charge in [0.05, 0.1) is 6.67 Å². The maximum atomic E-state index is 4.24. The molecule has 3 heteroatoms. The van der Waals surface area contributed by atoms with Crippen LogP contribution in [0.3, 0.4) is 0 Å². The number of rotatable bonds is 4.